The minimum Gasteiger partial charge on any atom is -0.370 e. The van der Waals surface area contributed by atoms with Crippen LogP contribution in [0.2, 0.25) is 0 Å². The van der Waals surface area contributed by atoms with E-state index in [1.165, 1.54) is 180 Å². The van der Waals surface area contributed by atoms with Gasteiger partial charge in [-0.05, 0) is 32.1 Å². The van der Waals surface area contributed by atoms with E-state index in [1.54, 1.807) is 12.4 Å². The number of amides is 2. The molecule has 51 heavy (non-hydrogen) atoms. The second kappa shape index (κ2) is 40.3. The van der Waals surface area contributed by atoms with Gasteiger partial charge in [0.05, 0.1) is 0 Å². The van der Waals surface area contributed by atoms with Crippen LogP contribution in [0.1, 0.15) is 232 Å². The van der Waals surface area contributed by atoms with E-state index in [9.17, 15) is 9.59 Å². The van der Waals surface area contributed by atoms with Crippen molar-refractivity contribution in [3.05, 3.63) is 0 Å². The van der Waals surface area contributed by atoms with Crippen molar-refractivity contribution in [2.45, 2.75) is 238 Å². The number of hydrogen-bond acceptors (Lipinski definition) is 5. The van der Waals surface area contributed by atoms with Gasteiger partial charge in [0.25, 0.3) is 5.91 Å². The first-order chi connectivity index (χ1) is 25.0. The van der Waals surface area contributed by atoms with Crippen molar-refractivity contribution in [3.63, 3.8) is 0 Å². The maximum atomic E-state index is 12.6. The topological polar surface area (TPSA) is 147 Å². The molecule has 6 N–H and O–H groups in total. The predicted molar refractivity (Wildman–Crippen MR) is 221 cm³/mol. The van der Waals surface area contributed by atoms with Crippen LogP contribution in [0.4, 0.5) is 0 Å². The Morgan fingerprint density at radius 2 is 0.804 bits per heavy atom. The lowest BCUT2D eigenvalue weighted by atomic mass is 10.0. The summed E-state index contributed by atoms with van der Waals surface area (Å²) in [5, 5.41) is 8.11. The summed E-state index contributed by atoms with van der Waals surface area (Å²) in [5.41, 5.74) is 16.1. The van der Waals surface area contributed by atoms with E-state index in [4.69, 9.17) is 11.5 Å². The van der Waals surface area contributed by atoms with Gasteiger partial charge in [0.1, 0.15) is 6.04 Å². The molecule has 0 unspecified atom stereocenters. The second-order valence-electron chi connectivity index (χ2n) is 14.7. The fourth-order valence-electron chi connectivity index (χ4n) is 6.40. The third-order valence-electron chi connectivity index (χ3n) is 9.67. The normalized spacial score (nSPS) is 12.1. The van der Waals surface area contributed by atoms with E-state index in [0.29, 0.717) is 0 Å². The van der Waals surface area contributed by atoms with E-state index in [0.717, 1.165) is 25.7 Å². The molecular weight excluding hydrogens is 635 g/mol. The third-order valence-corrected chi connectivity index (χ3v) is 9.67. The molecule has 0 aromatic heterocycles. The fraction of sp³-hybridized carbons (Fsp3) is 0.881. The number of carbonyl (C=O) groups is 2. The van der Waals surface area contributed by atoms with Crippen LogP contribution in [-0.2, 0) is 9.59 Å². The maximum Gasteiger partial charge on any atom is 0.264 e. The van der Waals surface area contributed by atoms with Crippen molar-refractivity contribution in [1.29, 1.82) is 0 Å². The summed E-state index contributed by atoms with van der Waals surface area (Å²) in [6.07, 6.45) is 45.5. The molecule has 0 aromatic rings. The van der Waals surface area contributed by atoms with Gasteiger partial charge >= 0.3 is 0 Å². The molecule has 9 nitrogen and oxygen atoms in total. The van der Waals surface area contributed by atoms with Gasteiger partial charge in [-0.25, -0.2) is 15.8 Å². The molecule has 0 fully saturated rings. The SMILES string of the molecule is CCCCCCCCCCCCCCCCC/C=N/NC(=O)CC[C@H](N=C(N)N)C(=O)N/N=C/CCCCCCCCCCCCCCCCC. The Balaban J connectivity index is 3.79. The maximum absolute atomic E-state index is 12.6. The van der Waals surface area contributed by atoms with E-state index >= 15 is 0 Å². The number of hydrazone groups is 2. The highest BCUT2D eigenvalue weighted by Gasteiger charge is 2.19. The number of carbonyl (C=O) groups excluding carboxylic acids is 2. The summed E-state index contributed by atoms with van der Waals surface area (Å²) < 4.78 is 0. The standard InChI is InChI=1S/C42H83N7O2/c1-3-5-7-9-11-13-15-17-19-21-23-25-27-29-31-33-37-45-48-40(50)36-35-39(47-42(43)44)41(51)49-46-38-34-32-30-28-26-24-22-20-18-16-14-12-10-8-6-4-2/h37-39H,3-36H2,1-2H3,(H,48,50)(H,49,51)(H4,43,44,47)/b45-37+,46-38+/t39-/m0/s1. The molecule has 9 heteroatoms. The van der Waals surface area contributed by atoms with Crippen LogP contribution >= 0.6 is 0 Å². The van der Waals surface area contributed by atoms with Gasteiger partial charge in [-0.1, -0.05) is 194 Å². The number of guanidine groups is 1. The van der Waals surface area contributed by atoms with Gasteiger partial charge in [0.15, 0.2) is 5.96 Å². The van der Waals surface area contributed by atoms with Crippen molar-refractivity contribution >= 4 is 30.2 Å². The average molecular weight is 718 g/mol. The van der Waals surface area contributed by atoms with Crippen molar-refractivity contribution in [3.8, 4) is 0 Å². The van der Waals surface area contributed by atoms with E-state index in [2.05, 4.69) is 39.9 Å². The zero-order chi connectivity index (χ0) is 37.3. The summed E-state index contributed by atoms with van der Waals surface area (Å²) in [6, 6.07) is -0.881. The molecule has 0 bridgehead atoms. The molecule has 0 spiro atoms. The average Bonchev–Trinajstić information content (AvgIpc) is 3.12. The largest absolute Gasteiger partial charge is 0.370 e. The molecular formula is C42H83N7O2. The van der Waals surface area contributed by atoms with Gasteiger partial charge in [-0.3, -0.25) is 9.59 Å². The summed E-state index contributed by atoms with van der Waals surface area (Å²) in [5.74, 6) is -0.900. The Kier molecular flexibility index (Phi) is 38.4. The van der Waals surface area contributed by atoms with Gasteiger partial charge in [-0.2, -0.15) is 10.2 Å². The van der Waals surface area contributed by atoms with Gasteiger partial charge in [-0.15, -0.1) is 0 Å². The van der Waals surface area contributed by atoms with Crippen LogP contribution in [0.25, 0.3) is 0 Å². The number of hydrogen-bond donors (Lipinski definition) is 4. The minimum absolute atomic E-state index is 0.0774. The van der Waals surface area contributed by atoms with Crippen LogP contribution < -0.4 is 22.3 Å². The Hall–Kier alpha value is -2.45. The number of unbranched alkanes of at least 4 members (excludes halogenated alkanes) is 30. The number of nitrogens with two attached hydrogens (primary N) is 2. The first kappa shape index (κ1) is 48.5. The molecule has 1 atom stereocenters. The fourth-order valence-corrected chi connectivity index (χ4v) is 6.40. The molecule has 298 valence electrons. The lowest BCUT2D eigenvalue weighted by Gasteiger charge is -2.10. The van der Waals surface area contributed by atoms with Crippen LogP contribution in [0.15, 0.2) is 15.2 Å². The Morgan fingerprint density at radius 3 is 1.14 bits per heavy atom. The Morgan fingerprint density at radius 1 is 0.490 bits per heavy atom. The molecule has 0 aliphatic heterocycles. The Labute approximate surface area is 314 Å². The van der Waals surface area contributed by atoms with E-state index in [-0.39, 0.29) is 24.7 Å². The molecule has 0 saturated carbocycles. The minimum atomic E-state index is -0.881. The summed E-state index contributed by atoms with van der Waals surface area (Å²) >= 11 is 0. The second-order valence-corrected chi connectivity index (χ2v) is 14.7. The zero-order valence-corrected chi connectivity index (χ0v) is 33.6. The molecule has 0 radical (unpaired) electrons. The van der Waals surface area contributed by atoms with Crippen molar-refractivity contribution in [2.75, 3.05) is 0 Å². The van der Waals surface area contributed by atoms with Crippen LogP contribution in [-0.4, -0.2) is 36.2 Å². The highest BCUT2D eigenvalue weighted by molar-refractivity contribution is 5.87. The number of aliphatic imine (C=N–C) groups is 1. The molecule has 2 amide bonds. The van der Waals surface area contributed by atoms with E-state index in [1.807, 2.05) is 0 Å². The van der Waals surface area contributed by atoms with Crippen LogP contribution in [0.5, 0.6) is 0 Å². The quantitative estimate of drug-likeness (QED) is 0.0217. The smallest absolute Gasteiger partial charge is 0.264 e. The summed E-state index contributed by atoms with van der Waals surface area (Å²) in [4.78, 5) is 28.9. The van der Waals surface area contributed by atoms with E-state index < -0.39 is 11.9 Å². The van der Waals surface area contributed by atoms with Crippen molar-refractivity contribution < 1.29 is 9.59 Å². The molecule has 0 aromatic carbocycles. The van der Waals surface area contributed by atoms with Crippen molar-refractivity contribution in [1.82, 2.24) is 10.9 Å². The number of rotatable bonds is 39. The summed E-state index contributed by atoms with van der Waals surface area (Å²) in [7, 11) is 0. The zero-order valence-electron chi connectivity index (χ0n) is 33.6. The Bertz CT molecular complexity index is 858. The molecule has 0 aliphatic carbocycles. The third kappa shape index (κ3) is 38.6. The first-order valence-corrected chi connectivity index (χ1v) is 21.7. The highest BCUT2D eigenvalue weighted by atomic mass is 16.2. The lowest BCUT2D eigenvalue weighted by molar-refractivity contribution is -0.123. The molecule has 0 rings (SSSR count). The monoisotopic (exact) mass is 718 g/mol. The summed E-state index contributed by atoms with van der Waals surface area (Å²) in [6.45, 7) is 4.55. The van der Waals surface area contributed by atoms with Gasteiger partial charge in [0, 0.05) is 18.9 Å². The van der Waals surface area contributed by atoms with Crippen LogP contribution in [0, 0.1) is 0 Å². The first-order valence-electron chi connectivity index (χ1n) is 21.7. The number of nitrogens with one attached hydrogen (secondary N) is 2. The molecule has 0 aliphatic rings. The molecule has 0 heterocycles. The predicted octanol–water partition coefficient (Wildman–Crippen LogP) is 11.1. The van der Waals surface area contributed by atoms with Crippen molar-refractivity contribution in [2.24, 2.45) is 26.7 Å². The lowest BCUT2D eigenvalue weighted by Crippen LogP contribution is -2.35. The van der Waals surface area contributed by atoms with Crippen LogP contribution in [0.3, 0.4) is 0 Å². The number of nitrogens with zero attached hydrogens (tertiary/aromatic N) is 3. The highest BCUT2D eigenvalue weighted by Crippen LogP contribution is 2.15. The van der Waals surface area contributed by atoms with Gasteiger partial charge in [0.2, 0.25) is 5.91 Å². The molecule has 0 saturated heterocycles. The van der Waals surface area contributed by atoms with Gasteiger partial charge < -0.3 is 11.5 Å².